The minimum atomic E-state index is -0.364. The van der Waals surface area contributed by atoms with Crippen LogP contribution in [0.2, 0.25) is 0 Å². The zero-order chi connectivity index (χ0) is 15.1. The van der Waals surface area contributed by atoms with Gasteiger partial charge in [0.1, 0.15) is 23.3 Å². The quantitative estimate of drug-likeness (QED) is 0.779. The molecule has 1 aromatic rings. The highest BCUT2D eigenvalue weighted by Crippen LogP contribution is 2.24. The van der Waals surface area contributed by atoms with Crippen LogP contribution in [-0.2, 0) is 4.79 Å². The normalized spacial score (nSPS) is 11.2. The van der Waals surface area contributed by atoms with E-state index in [-0.39, 0.29) is 22.5 Å². The number of carbonyl (C=O) groups excluding carboxylic acids is 1. The van der Waals surface area contributed by atoms with Gasteiger partial charge >= 0.3 is 0 Å². The molecule has 0 fully saturated rings. The molecule has 1 rings (SSSR count). The number of nitrogen functional groups attached to an aromatic ring is 1. The SMILES string of the molecule is CCCNC(=O)[C@H](C)Sc1[nH+]c(N)c(C#N)cc1C#N. The molecule has 1 amide bonds. The molecule has 1 atom stereocenters. The first-order valence-electron chi connectivity index (χ1n) is 6.13. The van der Waals surface area contributed by atoms with E-state index in [1.165, 1.54) is 17.8 Å². The molecule has 6 nitrogen and oxygen atoms in total. The number of thioether (sulfide) groups is 1. The summed E-state index contributed by atoms with van der Waals surface area (Å²) in [5.74, 6) is 0.0900. The van der Waals surface area contributed by atoms with Crippen LogP contribution in [-0.4, -0.2) is 17.7 Å². The molecule has 4 N–H and O–H groups in total. The number of amides is 1. The first-order valence-corrected chi connectivity index (χ1v) is 7.01. The van der Waals surface area contributed by atoms with Crippen LogP contribution in [0.4, 0.5) is 5.82 Å². The van der Waals surface area contributed by atoms with Crippen molar-refractivity contribution in [3.8, 4) is 12.1 Å². The van der Waals surface area contributed by atoms with Gasteiger partial charge in [-0.15, -0.1) is 0 Å². The average molecular weight is 290 g/mol. The number of H-pyrrole nitrogens is 1. The summed E-state index contributed by atoms with van der Waals surface area (Å²) in [5, 5.41) is 20.9. The van der Waals surface area contributed by atoms with Crippen LogP contribution < -0.4 is 16.0 Å². The maximum atomic E-state index is 11.8. The van der Waals surface area contributed by atoms with Gasteiger partial charge < -0.3 is 5.32 Å². The second kappa shape index (κ2) is 7.37. The monoisotopic (exact) mass is 290 g/mol. The lowest BCUT2D eigenvalue weighted by atomic mass is 10.2. The molecule has 0 bridgehead atoms. The van der Waals surface area contributed by atoms with Gasteiger partial charge in [-0.1, -0.05) is 18.7 Å². The van der Waals surface area contributed by atoms with Crippen LogP contribution in [0.1, 0.15) is 31.4 Å². The Balaban J connectivity index is 2.93. The largest absolute Gasteiger partial charge is 0.355 e. The Labute approximate surface area is 122 Å². The third-order valence-electron chi connectivity index (χ3n) is 2.53. The van der Waals surface area contributed by atoms with Crippen molar-refractivity contribution >= 4 is 23.5 Å². The van der Waals surface area contributed by atoms with Crippen LogP contribution in [0.5, 0.6) is 0 Å². The molecule has 0 aliphatic rings. The fourth-order valence-electron chi connectivity index (χ4n) is 1.44. The maximum absolute atomic E-state index is 11.8. The second-order valence-corrected chi connectivity index (χ2v) is 5.47. The first-order chi connectivity index (χ1) is 9.53. The molecule has 0 aromatic carbocycles. The molecule has 0 unspecified atom stereocenters. The van der Waals surface area contributed by atoms with Crippen molar-refractivity contribution in [2.24, 2.45) is 0 Å². The van der Waals surface area contributed by atoms with Crippen LogP contribution in [0.25, 0.3) is 0 Å². The first kappa shape index (κ1) is 15.8. The number of nitrogens with two attached hydrogens (primary N) is 1. The molecular weight excluding hydrogens is 274 g/mol. The van der Waals surface area contributed by atoms with Gasteiger partial charge in [0.2, 0.25) is 5.91 Å². The zero-order valence-electron chi connectivity index (χ0n) is 11.4. The van der Waals surface area contributed by atoms with Gasteiger partial charge in [0.05, 0.1) is 5.25 Å². The highest BCUT2D eigenvalue weighted by molar-refractivity contribution is 8.00. The Kier molecular flexibility index (Phi) is 5.82. The summed E-state index contributed by atoms with van der Waals surface area (Å²) >= 11 is 1.21. The topological polar surface area (TPSA) is 117 Å². The van der Waals surface area contributed by atoms with Crippen molar-refractivity contribution in [3.63, 3.8) is 0 Å². The van der Waals surface area contributed by atoms with E-state index in [2.05, 4.69) is 10.3 Å². The Morgan fingerprint density at radius 2 is 2.15 bits per heavy atom. The molecule has 0 radical (unpaired) electrons. The average Bonchev–Trinajstić information content (AvgIpc) is 2.44. The van der Waals surface area contributed by atoms with Crippen LogP contribution in [0, 0.1) is 22.7 Å². The van der Waals surface area contributed by atoms with Crippen LogP contribution >= 0.6 is 11.8 Å². The van der Waals surface area contributed by atoms with Gasteiger partial charge in [0.15, 0.2) is 5.03 Å². The van der Waals surface area contributed by atoms with Crippen LogP contribution in [0.3, 0.4) is 0 Å². The molecule has 7 heteroatoms. The predicted octanol–water partition coefficient (Wildman–Crippen LogP) is 0.833. The van der Waals surface area contributed by atoms with E-state index in [4.69, 9.17) is 16.3 Å². The summed E-state index contributed by atoms with van der Waals surface area (Å²) in [4.78, 5) is 14.6. The summed E-state index contributed by atoms with van der Waals surface area (Å²) in [6, 6.07) is 5.32. The molecule has 1 aromatic heterocycles. The fourth-order valence-corrected chi connectivity index (χ4v) is 2.38. The number of nitrogens with zero attached hydrogens (tertiary/aromatic N) is 2. The number of nitrogens with one attached hydrogen (secondary N) is 2. The molecule has 20 heavy (non-hydrogen) atoms. The smallest absolute Gasteiger partial charge is 0.289 e. The van der Waals surface area contributed by atoms with Crippen LogP contribution in [0.15, 0.2) is 11.1 Å². The molecule has 0 saturated carbocycles. The Hall–Kier alpha value is -2.25. The number of anilines is 1. The number of hydrogen-bond donors (Lipinski definition) is 2. The van der Waals surface area contributed by atoms with Crippen molar-refractivity contribution in [2.75, 3.05) is 12.3 Å². The lowest BCUT2D eigenvalue weighted by Gasteiger charge is -2.10. The van der Waals surface area contributed by atoms with E-state index in [0.717, 1.165) is 6.42 Å². The summed E-state index contributed by atoms with van der Waals surface area (Å²) in [6.45, 7) is 4.34. The van der Waals surface area contributed by atoms with Crippen molar-refractivity contribution in [1.82, 2.24) is 5.32 Å². The van der Waals surface area contributed by atoms with E-state index >= 15 is 0 Å². The van der Waals surface area contributed by atoms with Gasteiger partial charge in [-0.3, -0.25) is 10.5 Å². The van der Waals surface area contributed by atoms with E-state index < -0.39 is 0 Å². The lowest BCUT2D eigenvalue weighted by Crippen LogP contribution is -2.32. The number of carbonyl (C=O) groups is 1. The zero-order valence-corrected chi connectivity index (χ0v) is 12.2. The number of hydrogen-bond acceptors (Lipinski definition) is 5. The number of aromatic amines is 1. The molecule has 1 heterocycles. The molecule has 104 valence electrons. The molecule has 0 saturated heterocycles. The highest BCUT2D eigenvalue weighted by Gasteiger charge is 2.20. The summed E-state index contributed by atoms with van der Waals surface area (Å²) in [7, 11) is 0. The van der Waals surface area contributed by atoms with Crippen molar-refractivity contribution < 1.29 is 9.78 Å². The minimum absolute atomic E-state index is 0.0999. The maximum Gasteiger partial charge on any atom is 0.289 e. The van der Waals surface area contributed by atoms with Gasteiger partial charge in [-0.25, -0.2) is 4.98 Å². The van der Waals surface area contributed by atoms with Crippen molar-refractivity contribution in [1.29, 1.82) is 10.5 Å². The molecular formula is C13H16N5OS+. The number of pyridine rings is 1. The minimum Gasteiger partial charge on any atom is -0.355 e. The van der Waals surface area contributed by atoms with E-state index in [9.17, 15) is 4.79 Å². The standard InChI is InChI=1S/C13H15N5OS/c1-3-4-17-12(19)8(2)20-13-10(7-15)5-9(6-14)11(16)18-13/h5,8H,3-4H2,1-2H3,(H2,16,18)(H,17,19)/p+1/t8-/m0/s1. The summed E-state index contributed by atoms with van der Waals surface area (Å²) in [6.07, 6.45) is 0.864. The predicted molar refractivity (Wildman–Crippen MR) is 75.5 cm³/mol. The number of rotatable bonds is 5. The third-order valence-corrected chi connectivity index (χ3v) is 3.65. The molecule has 0 aliphatic carbocycles. The summed E-state index contributed by atoms with van der Waals surface area (Å²) in [5.41, 5.74) is 6.20. The Morgan fingerprint density at radius 1 is 1.50 bits per heavy atom. The highest BCUT2D eigenvalue weighted by atomic mass is 32.2. The third kappa shape index (κ3) is 3.87. The van der Waals surface area contributed by atoms with Crippen molar-refractivity contribution in [3.05, 3.63) is 17.2 Å². The van der Waals surface area contributed by atoms with E-state index in [1.807, 2.05) is 19.1 Å². The Bertz CT molecular complexity index is 588. The molecule has 0 aliphatic heterocycles. The molecule has 0 spiro atoms. The number of aromatic nitrogens is 1. The summed E-state index contributed by atoms with van der Waals surface area (Å²) < 4.78 is 0. The van der Waals surface area contributed by atoms with E-state index in [1.54, 1.807) is 6.92 Å². The van der Waals surface area contributed by atoms with Crippen molar-refractivity contribution in [2.45, 2.75) is 30.5 Å². The lowest BCUT2D eigenvalue weighted by molar-refractivity contribution is -0.410. The second-order valence-electron chi connectivity index (χ2n) is 4.11. The fraction of sp³-hybridized carbons (Fsp3) is 0.385. The van der Waals surface area contributed by atoms with E-state index in [0.29, 0.717) is 17.1 Å². The van der Waals surface area contributed by atoms with Gasteiger partial charge in [0, 0.05) is 6.54 Å². The van der Waals surface area contributed by atoms with Gasteiger partial charge in [-0.2, -0.15) is 10.5 Å². The van der Waals surface area contributed by atoms with Gasteiger partial charge in [-0.05, 0) is 19.4 Å². The Morgan fingerprint density at radius 3 is 2.70 bits per heavy atom. The number of nitriles is 2. The van der Waals surface area contributed by atoms with Gasteiger partial charge in [0.25, 0.3) is 5.82 Å².